The van der Waals surface area contributed by atoms with Crippen LogP contribution in [-0.2, 0) is 16.2 Å². The molecule has 0 bridgehead atoms. The van der Waals surface area contributed by atoms with Gasteiger partial charge in [-0.1, -0.05) is 250 Å². The lowest BCUT2D eigenvalue weighted by Gasteiger charge is -2.48. The van der Waals surface area contributed by atoms with Crippen molar-refractivity contribution in [2.45, 2.75) is 30.1 Å². The van der Waals surface area contributed by atoms with Crippen LogP contribution in [0, 0.1) is 0 Å². The lowest BCUT2D eigenvalue weighted by Crippen LogP contribution is -2.43. The standard InChI is InChI=1S/C77H53N/c1-75(2)65-32-13-9-28-59(65)63-42-41-57(49-74(63)75)78(58-46-54(50-22-5-3-6-23-50)44-55(47-58)51-24-7-4-8-25-51)56-27-21-26-52(45-56)53-40-43-69-64(48-53)62-31-12-16-35-68(62)77(69)72-38-19-17-36-70(72)76(71-37-18-20-39-73(71)77)66-33-14-10-29-60(66)61-30-11-15-34-67(61)76/h3-49H,1-2H3. The van der Waals surface area contributed by atoms with E-state index in [-0.39, 0.29) is 5.41 Å². The molecule has 12 aromatic rings. The summed E-state index contributed by atoms with van der Waals surface area (Å²) in [6.45, 7) is 4.75. The van der Waals surface area contributed by atoms with E-state index in [2.05, 4.69) is 304 Å². The van der Waals surface area contributed by atoms with Crippen LogP contribution in [0.1, 0.15) is 69.5 Å². The van der Waals surface area contributed by atoms with E-state index in [0.717, 1.165) is 22.6 Å². The molecule has 0 fully saturated rings. The molecule has 1 nitrogen and oxygen atoms in total. The van der Waals surface area contributed by atoms with Crippen molar-refractivity contribution < 1.29 is 0 Å². The summed E-state index contributed by atoms with van der Waals surface area (Å²) in [5.74, 6) is 0. The van der Waals surface area contributed by atoms with Gasteiger partial charge in [0.05, 0.1) is 10.8 Å². The average molecular weight is 992 g/mol. The molecule has 0 unspecified atom stereocenters. The highest BCUT2D eigenvalue weighted by molar-refractivity contribution is 5.96. The molecule has 16 rings (SSSR count). The Kier molecular flexibility index (Phi) is 9.58. The molecule has 0 saturated carbocycles. The molecule has 2 spiro atoms. The molecule has 78 heavy (non-hydrogen) atoms. The molecule has 0 amide bonds. The minimum Gasteiger partial charge on any atom is -0.310 e. The zero-order valence-electron chi connectivity index (χ0n) is 43.6. The van der Waals surface area contributed by atoms with Gasteiger partial charge in [0.1, 0.15) is 0 Å². The molecular formula is C77H53N. The van der Waals surface area contributed by atoms with E-state index in [1.54, 1.807) is 0 Å². The Balaban J connectivity index is 0.893. The van der Waals surface area contributed by atoms with Crippen LogP contribution in [0.25, 0.3) is 66.8 Å². The van der Waals surface area contributed by atoms with Gasteiger partial charge in [0.25, 0.3) is 0 Å². The largest absolute Gasteiger partial charge is 0.310 e. The first-order valence-electron chi connectivity index (χ1n) is 27.5. The van der Waals surface area contributed by atoms with Gasteiger partial charge in [-0.15, -0.1) is 0 Å². The van der Waals surface area contributed by atoms with Gasteiger partial charge in [-0.2, -0.15) is 0 Å². The maximum atomic E-state index is 2.49. The fourth-order valence-corrected chi connectivity index (χ4v) is 14.9. The van der Waals surface area contributed by atoms with Gasteiger partial charge in [-0.05, 0) is 171 Å². The number of benzene rings is 12. The summed E-state index contributed by atoms with van der Waals surface area (Å²) in [5.41, 5.74) is 30.5. The minimum absolute atomic E-state index is 0.166. The van der Waals surface area contributed by atoms with E-state index in [0.29, 0.717) is 0 Å². The van der Waals surface area contributed by atoms with Crippen molar-refractivity contribution in [3.8, 4) is 66.8 Å². The molecule has 1 heteroatoms. The van der Waals surface area contributed by atoms with Crippen molar-refractivity contribution in [2.75, 3.05) is 4.90 Å². The molecule has 12 aromatic carbocycles. The smallest absolute Gasteiger partial charge is 0.0720 e. The second kappa shape index (κ2) is 16.7. The maximum absolute atomic E-state index is 2.49. The third kappa shape index (κ3) is 6.07. The number of rotatable bonds is 6. The van der Waals surface area contributed by atoms with Gasteiger partial charge in [-0.3, -0.25) is 0 Å². The van der Waals surface area contributed by atoms with E-state index in [1.165, 1.54) is 117 Å². The van der Waals surface area contributed by atoms with Crippen molar-refractivity contribution in [2.24, 2.45) is 0 Å². The molecule has 0 atom stereocenters. The lowest BCUT2D eigenvalue weighted by atomic mass is 9.52. The van der Waals surface area contributed by atoms with E-state index in [9.17, 15) is 0 Å². The summed E-state index contributed by atoms with van der Waals surface area (Å²) >= 11 is 0. The Morgan fingerprint density at radius 1 is 0.205 bits per heavy atom. The molecule has 0 saturated heterocycles. The van der Waals surface area contributed by atoms with Crippen molar-refractivity contribution in [1.82, 2.24) is 0 Å². The highest BCUT2D eigenvalue weighted by atomic mass is 15.1. The topological polar surface area (TPSA) is 3.24 Å². The van der Waals surface area contributed by atoms with Crippen LogP contribution in [0.4, 0.5) is 17.1 Å². The Morgan fingerprint density at radius 2 is 0.577 bits per heavy atom. The van der Waals surface area contributed by atoms with Crippen molar-refractivity contribution >= 4 is 17.1 Å². The Bertz CT molecular complexity index is 4270. The van der Waals surface area contributed by atoms with E-state index < -0.39 is 10.8 Å². The lowest BCUT2D eigenvalue weighted by molar-refractivity contribution is 0.633. The Labute approximate surface area is 457 Å². The Morgan fingerprint density at radius 3 is 1.10 bits per heavy atom. The Hall–Kier alpha value is -9.56. The zero-order valence-corrected chi connectivity index (χ0v) is 43.6. The van der Waals surface area contributed by atoms with Gasteiger partial charge >= 0.3 is 0 Å². The van der Waals surface area contributed by atoms with E-state index >= 15 is 0 Å². The van der Waals surface area contributed by atoms with Crippen molar-refractivity contribution in [3.05, 3.63) is 341 Å². The third-order valence-corrected chi connectivity index (χ3v) is 18.1. The fraction of sp³-hybridized carbons (Fsp3) is 0.0649. The summed E-state index contributed by atoms with van der Waals surface area (Å²) in [6.07, 6.45) is 0. The van der Waals surface area contributed by atoms with Gasteiger partial charge in [-0.25, -0.2) is 0 Å². The van der Waals surface area contributed by atoms with E-state index in [1.807, 2.05) is 0 Å². The fourth-order valence-electron chi connectivity index (χ4n) is 14.9. The average Bonchev–Trinajstić information content (AvgIpc) is 2.17. The summed E-state index contributed by atoms with van der Waals surface area (Å²) < 4.78 is 0. The van der Waals surface area contributed by atoms with Crippen LogP contribution in [0.15, 0.2) is 285 Å². The summed E-state index contributed by atoms with van der Waals surface area (Å²) in [6, 6.07) is 108. The molecule has 0 heterocycles. The van der Waals surface area contributed by atoms with Gasteiger partial charge < -0.3 is 4.90 Å². The zero-order chi connectivity index (χ0) is 51.7. The molecule has 4 aliphatic carbocycles. The van der Waals surface area contributed by atoms with Crippen LogP contribution in [-0.4, -0.2) is 0 Å². The highest BCUT2D eigenvalue weighted by Gasteiger charge is 2.58. The molecule has 0 radical (unpaired) electrons. The molecular weight excluding hydrogens is 939 g/mol. The number of hydrogen-bond acceptors (Lipinski definition) is 1. The minimum atomic E-state index is -0.546. The van der Waals surface area contributed by atoms with Gasteiger partial charge in [0.2, 0.25) is 0 Å². The molecule has 4 aliphatic rings. The van der Waals surface area contributed by atoms with Gasteiger partial charge in [0, 0.05) is 22.5 Å². The second-order valence-electron chi connectivity index (χ2n) is 22.3. The number of fused-ring (bicyclic) bond motifs is 19. The summed E-state index contributed by atoms with van der Waals surface area (Å²) in [5, 5.41) is 0. The quantitative estimate of drug-likeness (QED) is 0.160. The summed E-state index contributed by atoms with van der Waals surface area (Å²) in [4.78, 5) is 2.49. The molecule has 0 N–H and O–H groups in total. The SMILES string of the molecule is CC1(C)c2ccccc2-c2ccc(N(c3cccc(-c4ccc5c(c4)-c4ccccc4C54c5ccccc5C5(c6ccccc6-c6ccccc65)c5ccccc54)c3)c3cc(-c4ccccc4)cc(-c4ccccc4)c3)cc21. The second-order valence-corrected chi connectivity index (χ2v) is 22.3. The van der Waals surface area contributed by atoms with E-state index in [4.69, 9.17) is 0 Å². The predicted octanol–water partition coefficient (Wildman–Crippen LogP) is 19.5. The van der Waals surface area contributed by atoms with Crippen LogP contribution >= 0.6 is 0 Å². The van der Waals surface area contributed by atoms with Crippen LogP contribution in [0.3, 0.4) is 0 Å². The monoisotopic (exact) mass is 991 g/mol. The molecule has 366 valence electrons. The first-order valence-corrected chi connectivity index (χ1v) is 27.5. The van der Waals surface area contributed by atoms with Crippen LogP contribution in [0.5, 0.6) is 0 Å². The van der Waals surface area contributed by atoms with Crippen LogP contribution in [0.2, 0.25) is 0 Å². The number of hydrogen-bond donors (Lipinski definition) is 0. The van der Waals surface area contributed by atoms with Crippen molar-refractivity contribution in [1.29, 1.82) is 0 Å². The number of anilines is 3. The maximum Gasteiger partial charge on any atom is 0.0720 e. The predicted molar refractivity (Wildman–Crippen MR) is 323 cm³/mol. The highest BCUT2D eigenvalue weighted by Crippen LogP contribution is 2.67. The van der Waals surface area contributed by atoms with Crippen LogP contribution < -0.4 is 4.90 Å². The third-order valence-electron chi connectivity index (χ3n) is 18.1. The normalized spacial score (nSPS) is 14.6. The summed E-state index contributed by atoms with van der Waals surface area (Å²) in [7, 11) is 0. The molecule has 0 aromatic heterocycles. The number of nitrogens with zero attached hydrogens (tertiary/aromatic N) is 1. The molecule has 0 aliphatic heterocycles. The first kappa shape index (κ1) is 44.7. The van der Waals surface area contributed by atoms with Gasteiger partial charge in [0.15, 0.2) is 0 Å². The first-order chi connectivity index (χ1) is 38.4. The van der Waals surface area contributed by atoms with Crippen molar-refractivity contribution in [3.63, 3.8) is 0 Å².